The highest BCUT2D eigenvalue weighted by Crippen LogP contribution is 2.24. The van der Waals surface area contributed by atoms with Gasteiger partial charge in [-0.2, -0.15) is 4.98 Å². The van der Waals surface area contributed by atoms with Gasteiger partial charge in [0.15, 0.2) is 0 Å². The minimum Gasteiger partial charge on any atom is -0.333 e. The van der Waals surface area contributed by atoms with E-state index in [9.17, 15) is 0 Å². The van der Waals surface area contributed by atoms with Gasteiger partial charge in [-0.05, 0) is 47.4 Å². The molecule has 0 atom stereocenters. The molecular formula is C9H6BrClN2O. The lowest BCUT2D eigenvalue weighted by atomic mass is 10.1. The Labute approximate surface area is 94.2 Å². The van der Waals surface area contributed by atoms with Crippen LogP contribution in [0, 0.1) is 6.92 Å². The molecule has 0 N–H and O–H groups in total. The van der Waals surface area contributed by atoms with Gasteiger partial charge in [-0.25, -0.2) is 0 Å². The summed E-state index contributed by atoms with van der Waals surface area (Å²) in [4.78, 5) is 3.92. The number of hydrogen-bond acceptors (Lipinski definition) is 3. The number of nitrogens with zero attached hydrogens (tertiary/aromatic N) is 2. The zero-order valence-electron chi connectivity index (χ0n) is 7.29. The zero-order valence-corrected chi connectivity index (χ0v) is 9.63. The summed E-state index contributed by atoms with van der Waals surface area (Å²) in [7, 11) is 0. The molecule has 0 saturated heterocycles. The van der Waals surface area contributed by atoms with Gasteiger partial charge in [0.2, 0.25) is 0 Å². The van der Waals surface area contributed by atoms with Crippen LogP contribution in [0.3, 0.4) is 0 Å². The molecule has 0 aliphatic heterocycles. The van der Waals surface area contributed by atoms with E-state index in [1.807, 2.05) is 25.1 Å². The summed E-state index contributed by atoms with van der Waals surface area (Å²) in [6.07, 6.45) is 0. The van der Waals surface area contributed by atoms with E-state index in [0.29, 0.717) is 5.89 Å². The Hall–Kier alpha value is -0.870. The molecule has 0 radical (unpaired) electrons. The van der Waals surface area contributed by atoms with Crippen molar-refractivity contribution < 1.29 is 4.52 Å². The van der Waals surface area contributed by atoms with Gasteiger partial charge in [0.05, 0.1) is 0 Å². The van der Waals surface area contributed by atoms with Crippen LogP contribution in [0.4, 0.5) is 0 Å². The Morgan fingerprint density at radius 1 is 1.43 bits per heavy atom. The molecule has 3 nitrogen and oxygen atoms in total. The van der Waals surface area contributed by atoms with Crippen LogP contribution in [0.2, 0.25) is 5.28 Å². The van der Waals surface area contributed by atoms with Crippen molar-refractivity contribution in [2.45, 2.75) is 6.92 Å². The molecule has 72 valence electrons. The molecule has 1 aromatic heterocycles. The Kier molecular flexibility index (Phi) is 2.56. The first-order valence-electron chi connectivity index (χ1n) is 3.92. The molecule has 0 aliphatic rings. The van der Waals surface area contributed by atoms with E-state index < -0.39 is 0 Å². The molecule has 0 fully saturated rings. The second-order valence-electron chi connectivity index (χ2n) is 2.83. The van der Waals surface area contributed by atoms with Crippen molar-refractivity contribution >= 4 is 27.5 Å². The predicted molar refractivity (Wildman–Crippen MR) is 57.2 cm³/mol. The predicted octanol–water partition coefficient (Wildman–Crippen LogP) is 3.46. The van der Waals surface area contributed by atoms with Gasteiger partial charge in [-0.15, -0.1) is 0 Å². The zero-order chi connectivity index (χ0) is 10.1. The first kappa shape index (κ1) is 9.68. The van der Waals surface area contributed by atoms with Crippen molar-refractivity contribution in [2.75, 3.05) is 0 Å². The van der Waals surface area contributed by atoms with Gasteiger partial charge in [0.25, 0.3) is 11.2 Å². The normalized spacial score (nSPS) is 10.5. The third kappa shape index (κ3) is 1.81. The summed E-state index contributed by atoms with van der Waals surface area (Å²) in [5.41, 5.74) is 1.97. The van der Waals surface area contributed by atoms with E-state index in [4.69, 9.17) is 16.1 Å². The largest absolute Gasteiger partial charge is 0.333 e. The number of aromatic nitrogens is 2. The third-order valence-corrected chi connectivity index (χ3v) is 2.85. The maximum atomic E-state index is 5.56. The van der Waals surface area contributed by atoms with Gasteiger partial charge < -0.3 is 4.52 Å². The smallest absolute Gasteiger partial charge is 0.264 e. The number of hydrogen-bond donors (Lipinski definition) is 0. The molecule has 0 spiro atoms. The minimum absolute atomic E-state index is 0.126. The third-order valence-electron chi connectivity index (χ3n) is 1.81. The van der Waals surface area contributed by atoms with E-state index in [2.05, 4.69) is 26.1 Å². The molecule has 1 aromatic carbocycles. The monoisotopic (exact) mass is 272 g/mol. The topological polar surface area (TPSA) is 38.9 Å². The average molecular weight is 274 g/mol. The highest BCUT2D eigenvalue weighted by molar-refractivity contribution is 9.10. The fourth-order valence-electron chi connectivity index (χ4n) is 1.10. The number of aryl methyl sites for hydroxylation is 1. The van der Waals surface area contributed by atoms with Crippen LogP contribution in [-0.4, -0.2) is 10.1 Å². The van der Waals surface area contributed by atoms with Gasteiger partial charge in [0.1, 0.15) is 0 Å². The number of benzene rings is 1. The molecule has 0 saturated carbocycles. The van der Waals surface area contributed by atoms with Gasteiger partial charge in [-0.1, -0.05) is 15.9 Å². The lowest BCUT2D eigenvalue weighted by molar-refractivity contribution is 0.430. The van der Waals surface area contributed by atoms with Crippen molar-refractivity contribution in [3.63, 3.8) is 0 Å². The van der Waals surface area contributed by atoms with Crippen molar-refractivity contribution in [2.24, 2.45) is 0 Å². The fraction of sp³-hybridized carbons (Fsp3) is 0.111. The quantitative estimate of drug-likeness (QED) is 0.798. The Morgan fingerprint density at radius 2 is 2.21 bits per heavy atom. The van der Waals surface area contributed by atoms with Crippen LogP contribution in [0.15, 0.2) is 27.2 Å². The molecule has 2 aromatic rings. The van der Waals surface area contributed by atoms with Crippen molar-refractivity contribution in [3.05, 3.63) is 33.5 Å². The van der Waals surface area contributed by atoms with Crippen molar-refractivity contribution in [1.82, 2.24) is 10.1 Å². The highest BCUT2D eigenvalue weighted by Gasteiger charge is 2.07. The van der Waals surface area contributed by atoms with Crippen LogP contribution in [0.25, 0.3) is 11.5 Å². The fourth-order valence-corrected chi connectivity index (χ4v) is 1.46. The first-order valence-corrected chi connectivity index (χ1v) is 5.09. The Balaban J connectivity index is 2.47. The van der Waals surface area contributed by atoms with Gasteiger partial charge in [0, 0.05) is 10.0 Å². The molecule has 1 heterocycles. The Morgan fingerprint density at radius 3 is 2.79 bits per heavy atom. The van der Waals surface area contributed by atoms with E-state index in [1.165, 1.54) is 0 Å². The van der Waals surface area contributed by atoms with Crippen LogP contribution in [0.1, 0.15) is 5.56 Å². The molecule has 0 aliphatic carbocycles. The molecule has 0 bridgehead atoms. The molecule has 0 unspecified atom stereocenters. The molecule has 14 heavy (non-hydrogen) atoms. The highest BCUT2D eigenvalue weighted by atomic mass is 79.9. The van der Waals surface area contributed by atoms with Gasteiger partial charge >= 0.3 is 0 Å². The average Bonchev–Trinajstić information content (AvgIpc) is 2.57. The standard InChI is InChI=1S/C9H6BrClN2O/c1-5-4-6(2-3-7(5)10)8-12-9(11)13-14-8/h2-4H,1H3. The SMILES string of the molecule is Cc1cc(-c2nc(Cl)no2)ccc1Br. The molecule has 0 amide bonds. The van der Waals surface area contributed by atoms with E-state index in [1.54, 1.807) is 0 Å². The molecule has 5 heteroatoms. The summed E-state index contributed by atoms with van der Waals surface area (Å²) in [5, 5.41) is 3.64. The Bertz CT molecular complexity index is 470. The summed E-state index contributed by atoms with van der Waals surface area (Å²) in [5.74, 6) is 0.436. The second-order valence-corrected chi connectivity index (χ2v) is 4.02. The second kappa shape index (κ2) is 3.71. The number of halogens is 2. The minimum atomic E-state index is 0.126. The van der Waals surface area contributed by atoms with E-state index in [0.717, 1.165) is 15.6 Å². The van der Waals surface area contributed by atoms with Gasteiger partial charge in [-0.3, -0.25) is 0 Å². The van der Waals surface area contributed by atoms with E-state index >= 15 is 0 Å². The van der Waals surface area contributed by atoms with Crippen molar-refractivity contribution in [3.8, 4) is 11.5 Å². The summed E-state index contributed by atoms with van der Waals surface area (Å²) < 4.78 is 5.98. The molecule has 2 rings (SSSR count). The van der Waals surface area contributed by atoms with Crippen LogP contribution in [-0.2, 0) is 0 Å². The lowest BCUT2D eigenvalue weighted by Crippen LogP contribution is -1.80. The summed E-state index contributed by atoms with van der Waals surface area (Å²) in [6.45, 7) is 1.99. The summed E-state index contributed by atoms with van der Waals surface area (Å²) >= 11 is 8.97. The number of rotatable bonds is 1. The van der Waals surface area contributed by atoms with E-state index in [-0.39, 0.29) is 5.28 Å². The first-order chi connectivity index (χ1) is 6.66. The van der Waals surface area contributed by atoms with Crippen molar-refractivity contribution in [1.29, 1.82) is 0 Å². The molecular weight excluding hydrogens is 267 g/mol. The maximum absolute atomic E-state index is 5.56. The van der Waals surface area contributed by atoms with Crippen LogP contribution >= 0.6 is 27.5 Å². The maximum Gasteiger partial charge on any atom is 0.264 e. The van der Waals surface area contributed by atoms with Crippen LogP contribution < -0.4 is 0 Å². The summed E-state index contributed by atoms with van der Waals surface area (Å²) in [6, 6.07) is 5.78. The van der Waals surface area contributed by atoms with Crippen LogP contribution in [0.5, 0.6) is 0 Å². The lowest BCUT2D eigenvalue weighted by Gasteiger charge is -1.98.